The van der Waals surface area contributed by atoms with Crippen molar-refractivity contribution >= 4 is 54.7 Å². The fraction of sp³-hybridized carbons (Fsp3) is 0. The molecule has 11 heteroatoms. The number of benzene rings is 2. The molecule has 2 aromatic carbocycles. The van der Waals surface area contributed by atoms with E-state index in [1.807, 2.05) is 0 Å². The number of amidine groups is 1. The van der Waals surface area contributed by atoms with Crippen LogP contribution in [0.2, 0.25) is 10.0 Å². The van der Waals surface area contributed by atoms with Crippen LogP contribution in [0.4, 0.5) is 4.39 Å². The van der Waals surface area contributed by atoms with Gasteiger partial charge >= 0.3 is 5.97 Å². The lowest BCUT2D eigenvalue weighted by atomic mass is 10.2. The van der Waals surface area contributed by atoms with Crippen molar-refractivity contribution in [2.45, 2.75) is 4.90 Å². The molecule has 0 aromatic heterocycles. The zero-order chi connectivity index (χ0) is 18.8. The molecule has 2 aromatic rings. The highest BCUT2D eigenvalue weighted by Crippen LogP contribution is 2.31. The second kappa shape index (κ2) is 7.57. The van der Waals surface area contributed by atoms with Gasteiger partial charge in [-0.05, 0) is 36.4 Å². The number of nitrogens with zero attached hydrogens (tertiary/aromatic N) is 1. The number of oxime groups is 1. The highest BCUT2D eigenvalue weighted by molar-refractivity contribution is 8.13. The molecule has 2 rings (SSSR count). The maximum absolute atomic E-state index is 12.8. The minimum Gasteiger partial charge on any atom is -0.380 e. The standard InChI is InChI=1S/C14H8Cl3FN2O4S/c15-10-6-11(16)12(25(17,22)23)5-9(10)14(21)24-20-13(19)7-1-3-8(18)4-2-7/h1-6H,(H2,19,20). The lowest BCUT2D eigenvalue weighted by Crippen LogP contribution is -2.15. The van der Waals surface area contributed by atoms with Crippen molar-refractivity contribution in [2.75, 3.05) is 0 Å². The maximum atomic E-state index is 12.8. The van der Waals surface area contributed by atoms with E-state index < -0.39 is 25.7 Å². The fourth-order valence-corrected chi connectivity index (χ4v) is 3.50. The van der Waals surface area contributed by atoms with E-state index in [9.17, 15) is 17.6 Å². The van der Waals surface area contributed by atoms with Gasteiger partial charge in [-0.25, -0.2) is 17.6 Å². The Morgan fingerprint density at radius 2 is 1.72 bits per heavy atom. The summed E-state index contributed by atoms with van der Waals surface area (Å²) in [5.74, 6) is -1.77. The van der Waals surface area contributed by atoms with Gasteiger partial charge in [0.1, 0.15) is 10.7 Å². The van der Waals surface area contributed by atoms with E-state index in [1.54, 1.807) is 0 Å². The van der Waals surface area contributed by atoms with Gasteiger partial charge in [0.15, 0.2) is 5.84 Å². The number of rotatable bonds is 4. The van der Waals surface area contributed by atoms with Crippen LogP contribution in [0.3, 0.4) is 0 Å². The van der Waals surface area contributed by atoms with Crippen LogP contribution in [0.25, 0.3) is 0 Å². The molecule has 2 N–H and O–H groups in total. The summed E-state index contributed by atoms with van der Waals surface area (Å²) in [6.07, 6.45) is 0. The van der Waals surface area contributed by atoms with E-state index in [-0.39, 0.29) is 21.4 Å². The van der Waals surface area contributed by atoms with Gasteiger partial charge < -0.3 is 10.6 Å². The molecular formula is C14H8Cl3FN2O4S. The molecule has 0 amide bonds. The van der Waals surface area contributed by atoms with E-state index in [0.717, 1.165) is 24.3 Å². The number of carbonyl (C=O) groups is 1. The lowest BCUT2D eigenvalue weighted by molar-refractivity contribution is 0.0516. The van der Waals surface area contributed by atoms with Crippen LogP contribution < -0.4 is 5.73 Å². The first-order valence-corrected chi connectivity index (χ1v) is 9.40. The third kappa shape index (κ3) is 4.82. The average molecular weight is 426 g/mol. The molecule has 6 nitrogen and oxygen atoms in total. The van der Waals surface area contributed by atoms with Crippen LogP contribution in [0.15, 0.2) is 46.4 Å². The quantitative estimate of drug-likeness (QED) is 0.266. The van der Waals surface area contributed by atoms with Crippen LogP contribution in [-0.2, 0) is 13.9 Å². The van der Waals surface area contributed by atoms with Gasteiger partial charge in [0.2, 0.25) is 0 Å². The first-order chi connectivity index (χ1) is 11.6. The van der Waals surface area contributed by atoms with E-state index in [0.29, 0.717) is 5.56 Å². The summed E-state index contributed by atoms with van der Waals surface area (Å²) in [6.45, 7) is 0. The van der Waals surface area contributed by atoms with Gasteiger partial charge in [-0.1, -0.05) is 28.4 Å². The topological polar surface area (TPSA) is 98.8 Å². The minimum absolute atomic E-state index is 0.172. The Morgan fingerprint density at radius 1 is 1.12 bits per heavy atom. The molecule has 25 heavy (non-hydrogen) atoms. The van der Waals surface area contributed by atoms with Crippen LogP contribution in [-0.4, -0.2) is 20.2 Å². The third-order valence-electron chi connectivity index (χ3n) is 2.87. The molecule has 0 atom stereocenters. The minimum atomic E-state index is -4.21. The normalized spacial score (nSPS) is 12.1. The highest BCUT2D eigenvalue weighted by atomic mass is 35.7. The number of hydrogen-bond donors (Lipinski definition) is 1. The second-order valence-corrected chi connectivity index (χ2v) is 7.91. The van der Waals surface area contributed by atoms with E-state index in [2.05, 4.69) is 9.99 Å². The molecule has 0 aliphatic carbocycles. The summed E-state index contributed by atoms with van der Waals surface area (Å²) in [4.78, 5) is 16.2. The largest absolute Gasteiger partial charge is 0.380 e. The maximum Gasteiger partial charge on any atom is 0.367 e. The first kappa shape index (κ1) is 19.5. The van der Waals surface area contributed by atoms with Crippen molar-refractivity contribution in [1.29, 1.82) is 0 Å². The molecule has 0 spiro atoms. The van der Waals surface area contributed by atoms with E-state index in [4.69, 9.17) is 39.6 Å². The second-order valence-electron chi connectivity index (χ2n) is 4.56. The molecule has 0 aliphatic rings. The molecular weight excluding hydrogens is 418 g/mol. The van der Waals surface area contributed by atoms with Crippen LogP contribution in [0, 0.1) is 5.82 Å². The monoisotopic (exact) mass is 424 g/mol. The summed E-state index contributed by atoms with van der Waals surface area (Å²) < 4.78 is 35.7. The number of nitrogens with two attached hydrogens (primary N) is 1. The van der Waals surface area contributed by atoms with Gasteiger partial charge in [0, 0.05) is 16.2 Å². The fourth-order valence-electron chi connectivity index (χ4n) is 1.69. The van der Waals surface area contributed by atoms with E-state index >= 15 is 0 Å². The molecule has 132 valence electrons. The summed E-state index contributed by atoms with van der Waals surface area (Å²) in [5, 5.41) is 2.97. The molecule has 0 fully saturated rings. The molecule has 0 saturated carbocycles. The SMILES string of the molecule is N/C(=N\OC(=O)c1cc(S(=O)(=O)Cl)c(Cl)cc1Cl)c1ccc(F)cc1. The average Bonchev–Trinajstić information content (AvgIpc) is 2.51. The van der Waals surface area contributed by atoms with Crippen LogP contribution >= 0.6 is 33.9 Å². The zero-order valence-corrected chi connectivity index (χ0v) is 15.1. The molecule has 0 bridgehead atoms. The third-order valence-corrected chi connectivity index (χ3v) is 4.97. The summed E-state index contributed by atoms with van der Waals surface area (Å²) in [6, 6.07) is 6.84. The van der Waals surface area contributed by atoms with Gasteiger partial charge in [0.05, 0.1) is 15.6 Å². The lowest BCUT2D eigenvalue weighted by Gasteiger charge is -2.06. The van der Waals surface area contributed by atoms with E-state index in [1.165, 1.54) is 12.1 Å². The Morgan fingerprint density at radius 3 is 2.28 bits per heavy atom. The predicted octanol–water partition coefficient (Wildman–Crippen LogP) is 3.54. The Bertz CT molecular complexity index is 963. The Kier molecular flexibility index (Phi) is 5.89. The molecule has 0 aliphatic heterocycles. The van der Waals surface area contributed by atoms with Crippen molar-refractivity contribution in [3.63, 3.8) is 0 Å². The molecule has 0 radical (unpaired) electrons. The number of hydrogen-bond acceptors (Lipinski definition) is 5. The number of halogens is 4. The molecule has 0 saturated heterocycles. The Balaban J connectivity index is 2.29. The Labute approximate surface area is 156 Å². The summed E-state index contributed by atoms with van der Waals surface area (Å²) >= 11 is 11.6. The van der Waals surface area contributed by atoms with Crippen molar-refractivity contribution in [1.82, 2.24) is 0 Å². The summed E-state index contributed by atoms with van der Waals surface area (Å²) in [7, 11) is 1.02. The van der Waals surface area contributed by atoms with Crippen molar-refractivity contribution in [2.24, 2.45) is 10.9 Å². The summed E-state index contributed by atoms with van der Waals surface area (Å²) in [5.41, 5.74) is 5.59. The van der Waals surface area contributed by atoms with Crippen molar-refractivity contribution < 1.29 is 22.4 Å². The smallest absolute Gasteiger partial charge is 0.367 e. The van der Waals surface area contributed by atoms with Gasteiger partial charge in [0.25, 0.3) is 9.05 Å². The Hall–Kier alpha value is -1.87. The predicted molar refractivity (Wildman–Crippen MR) is 92.0 cm³/mol. The van der Waals surface area contributed by atoms with Gasteiger partial charge in [-0.15, -0.1) is 0 Å². The number of carbonyl (C=O) groups excluding carboxylic acids is 1. The molecule has 0 unspecified atom stereocenters. The molecule has 0 heterocycles. The van der Waals surface area contributed by atoms with Crippen molar-refractivity contribution in [3.8, 4) is 0 Å². The van der Waals surface area contributed by atoms with Crippen molar-refractivity contribution in [3.05, 3.63) is 63.4 Å². The van der Waals surface area contributed by atoms with Gasteiger partial charge in [-0.3, -0.25) is 0 Å². The first-order valence-electron chi connectivity index (χ1n) is 6.34. The zero-order valence-electron chi connectivity index (χ0n) is 12.0. The van der Waals surface area contributed by atoms with Crippen LogP contribution in [0.1, 0.15) is 15.9 Å². The van der Waals surface area contributed by atoms with Crippen LogP contribution in [0.5, 0.6) is 0 Å². The highest BCUT2D eigenvalue weighted by Gasteiger charge is 2.22. The van der Waals surface area contributed by atoms with Gasteiger partial charge in [-0.2, -0.15) is 0 Å².